The van der Waals surface area contributed by atoms with Crippen molar-refractivity contribution in [2.75, 3.05) is 0 Å². The molecule has 1 atom stereocenters. The van der Waals surface area contributed by atoms with E-state index in [1.54, 1.807) is 11.3 Å². The summed E-state index contributed by atoms with van der Waals surface area (Å²) in [5, 5.41) is 5.04. The zero-order valence-electron chi connectivity index (χ0n) is 11.7. The van der Waals surface area contributed by atoms with Crippen molar-refractivity contribution in [2.24, 2.45) is 0 Å². The Hall–Kier alpha value is -1.36. The molecular weight excluding hydrogens is 272 g/mol. The zero-order valence-corrected chi connectivity index (χ0v) is 12.5. The average Bonchev–Trinajstić information content (AvgIpc) is 3.04. The zero-order chi connectivity index (χ0) is 14.2. The van der Waals surface area contributed by atoms with Gasteiger partial charge in [-0.15, -0.1) is 11.3 Å². The Kier molecular flexibility index (Phi) is 3.54. The molecule has 2 amide bonds. The highest BCUT2D eigenvalue weighted by Crippen LogP contribution is 2.34. The Morgan fingerprint density at radius 1 is 1.40 bits per heavy atom. The molecule has 2 fully saturated rings. The van der Waals surface area contributed by atoms with Crippen molar-refractivity contribution in [3.05, 3.63) is 22.4 Å². The molecule has 0 radical (unpaired) electrons. The summed E-state index contributed by atoms with van der Waals surface area (Å²) in [5.74, 6) is 0.128. The molecule has 2 heterocycles. The number of rotatable bonds is 2. The van der Waals surface area contributed by atoms with Gasteiger partial charge in [0.2, 0.25) is 11.8 Å². The highest BCUT2D eigenvalue weighted by molar-refractivity contribution is 7.09. The van der Waals surface area contributed by atoms with Crippen molar-refractivity contribution in [3.63, 3.8) is 0 Å². The molecule has 2 aliphatic rings. The fraction of sp³-hybridized carbons (Fsp3) is 0.600. The molecule has 20 heavy (non-hydrogen) atoms. The third-order valence-electron chi connectivity index (χ3n) is 4.43. The van der Waals surface area contributed by atoms with Crippen molar-refractivity contribution in [1.29, 1.82) is 0 Å². The molecule has 3 rings (SSSR count). The Balaban J connectivity index is 1.89. The van der Waals surface area contributed by atoms with E-state index in [9.17, 15) is 9.59 Å². The van der Waals surface area contributed by atoms with E-state index in [1.165, 1.54) is 4.88 Å². The summed E-state index contributed by atoms with van der Waals surface area (Å²) >= 11 is 1.66. The van der Waals surface area contributed by atoms with Gasteiger partial charge in [0.05, 0.1) is 6.54 Å². The van der Waals surface area contributed by atoms with Gasteiger partial charge in [0, 0.05) is 17.3 Å². The van der Waals surface area contributed by atoms with Gasteiger partial charge in [0.25, 0.3) is 0 Å². The second-order valence-electron chi connectivity index (χ2n) is 5.90. The van der Waals surface area contributed by atoms with Crippen molar-refractivity contribution in [2.45, 2.75) is 57.2 Å². The standard InChI is InChI=1S/C15H20N2O2S/c1-11-9-13(18)16-15(6-2-3-7-15)14(19)17(11)10-12-5-4-8-20-12/h4-5,8,11H,2-3,6-7,9-10H2,1H3,(H,16,18). The van der Waals surface area contributed by atoms with Gasteiger partial charge >= 0.3 is 0 Å². The molecule has 1 aromatic heterocycles. The summed E-state index contributed by atoms with van der Waals surface area (Å²) in [6.07, 6.45) is 4.01. The van der Waals surface area contributed by atoms with Crippen LogP contribution in [0.2, 0.25) is 0 Å². The molecule has 1 saturated heterocycles. The van der Waals surface area contributed by atoms with Crippen LogP contribution in [0.1, 0.15) is 43.9 Å². The van der Waals surface area contributed by atoms with Gasteiger partial charge in [-0.05, 0) is 31.2 Å². The normalized spacial score (nSPS) is 25.9. The molecule has 4 nitrogen and oxygen atoms in total. The minimum absolute atomic E-state index is 0.0152. The van der Waals surface area contributed by atoms with Crippen LogP contribution in [0.4, 0.5) is 0 Å². The predicted molar refractivity (Wildman–Crippen MR) is 78.3 cm³/mol. The van der Waals surface area contributed by atoms with Crippen LogP contribution in [0.3, 0.4) is 0 Å². The van der Waals surface area contributed by atoms with Gasteiger partial charge in [-0.25, -0.2) is 0 Å². The molecule has 1 saturated carbocycles. The topological polar surface area (TPSA) is 49.4 Å². The van der Waals surface area contributed by atoms with Crippen LogP contribution in [0, 0.1) is 0 Å². The summed E-state index contributed by atoms with van der Waals surface area (Å²) in [7, 11) is 0. The van der Waals surface area contributed by atoms with Crippen LogP contribution in [-0.4, -0.2) is 28.3 Å². The Labute approximate surface area is 123 Å². The number of hydrogen-bond acceptors (Lipinski definition) is 3. The smallest absolute Gasteiger partial charge is 0.248 e. The van der Waals surface area contributed by atoms with Gasteiger partial charge in [-0.3, -0.25) is 9.59 Å². The van der Waals surface area contributed by atoms with Crippen LogP contribution >= 0.6 is 11.3 Å². The SMILES string of the molecule is CC1CC(=O)NC2(CCCC2)C(=O)N1Cc1cccs1. The Bertz CT molecular complexity index is 506. The maximum Gasteiger partial charge on any atom is 0.248 e. The van der Waals surface area contributed by atoms with Crippen molar-refractivity contribution in [1.82, 2.24) is 10.2 Å². The third-order valence-corrected chi connectivity index (χ3v) is 5.29. The highest BCUT2D eigenvalue weighted by atomic mass is 32.1. The van der Waals surface area contributed by atoms with Crippen LogP contribution in [0.5, 0.6) is 0 Å². The average molecular weight is 292 g/mol. The van der Waals surface area contributed by atoms with Crippen molar-refractivity contribution in [3.8, 4) is 0 Å². The molecule has 1 aromatic rings. The maximum atomic E-state index is 13.0. The number of carbonyl (C=O) groups excluding carboxylic acids is 2. The lowest BCUT2D eigenvalue weighted by Gasteiger charge is -2.33. The van der Waals surface area contributed by atoms with Crippen molar-refractivity contribution >= 4 is 23.2 Å². The largest absolute Gasteiger partial charge is 0.342 e. The lowest BCUT2D eigenvalue weighted by molar-refractivity contribution is -0.140. The third kappa shape index (κ3) is 2.35. The van der Waals surface area contributed by atoms with Gasteiger partial charge < -0.3 is 10.2 Å². The minimum Gasteiger partial charge on any atom is -0.342 e. The van der Waals surface area contributed by atoms with E-state index in [0.29, 0.717) is 13.0 Å². The quantitative estimate of drug-likeness (QED) is 0.909. The first kappa shape index (κ1) is 13.6. The Morgan fingerprint density at radius 3 is 2.80 bits per heavy atom. The monoisotopic (exact) mass is 292 g/mol. The van der Waals surface area contributed by atoms with E-state index in [1.807, 2.05) is 29.3 Å². The summed E-state index contributed by atoms with van der Waals surface area (Å²) in [5.41, 5.74) is -0.626. The number of nitrogens with zero attached hydrogens (tertiary/aromatic N) is 1. The molecular formula is C15H20N2O2S. The number of carbonyl (C=O) groups is 2. The van der Waals surface area contributed by atoms with Gasteiger partial charge in [-0.2, -0.15) is 0 Å². The molecule has 0 aromatic carbocycles. The fourth-order valence-electron chi connectivity index (χ4n) is 3.34. The number of thiophene rings is 1. The van der Waals surface area contributed by atoms with Crippen LogP contribution in [0.15, 0.2) is 17.5 Å². The molecule has 1 spiro atoms. The summed E-state index contributed by atoms with van der Waals surface area (Å²) in [4.78, 5) is 28.1. The molecule has 1 N–H and O–H groups in total. The second kappa shape index (κ2) is 5.20. The van der Waals surface area contributed by atoms with Crippen LogP contribution in [0.25, 0.3) is 0 Å². The first-order chi connectivity index (χ1) is 9.61. The van der Waals surface area contributed by atoms with Gasteiger partial charge in [0.1, 0.15) is 5.54 Å². The molecule has 108 valence electrons. The summed E-state index contributed by atoms with van der Waals surface area (Å²) in [6.45, 7) is 2.59. The van der Waals surface area contributed by atoms with E-state index in [4.69, 9.17) is 0 Å². The molecule has 1 aliphatic heterocycles. The molecule has 1 unspecified atom stereocenters. The number of nitrogens with one attached hydrogen (secondary N) is 1. The first-order valence-electron chi connectivity index (χ1n) is 7.25. The minimum atomic E-state index is -0.626. The molecule has 1 aliphatic carbocycles. The maximum absolute atomic E-state index is 13.0. The van der Waals surface area contributed by atoms with Crippen LogP contribution in [-0.2, 0) is 16.1 Å². The van der Waals surface area contributed by atoms with E-state index in [2.05, 4.69) is 5.32 Å². The van der Waals surface area contributed by atoms with Gasteiger partial charge in [-0.1, -0.05) is 18.9 Å². The Morgan fingerprint density at radius 2 is 2.15 bits per heavy atom. The predicted octanol–water partition coefficient (Wildman–Crippen LogP) is 2.30. The van der Waals surface area contributed by atoms with E-state index < -0.39 is 5.54 Å². The van der Waals surface area contributed by atoms with Gasteiger partial charge in [0.15, 0.2) is 0 Å². The fourth-order valence-corrected chi connectivity index (χ4v) is 4.04. The molecule has 5 heteroatoms. The molecule has 0 bridgehead atoms. The summed E-state index contributed by atoms with van der Waals surface area (Å²) in [6, 6.07) is 4.01. The van der Waals surface area contributed by atoms with E-state index in [-0.39, 0.29) is 17.9 Å². The van der Waals surface area contributed by atoms with E-state index >= 15 is 0 Å². The second-order valence-corrected chi connectivity index (χ2v) is 6.94. The number of amides is 2. The lowest BCUT2D eigenvalue weighted by Crippen LogP contribution is -2.55. The number of hydrogen-bond donors (Lipinski definition) is 1. The lowest BCUT2D eigenvalue weighted by atomic mass is 9.95. The highest BCUT2D eigenvalue weighted by Gasteiger charge is 2.47. The van der Waals surface area contributed by atoms with Crippen molar-refractivity contribution < 1.29 is 9.59 Å². The van der Waals surface area contributed by atoms with E-state index in [0.717, 1.165) is 25.7 Å². The van der Waals surface area contributed by atoms with Crippen LogP contribution < -0.4 is 5.32 Å². The first-order valence-corrected chi connectivity index (χ1v) is 8.13. The summed E-state index contributed by atoms with van der Waals surface area (Å²) < 4.78 is 0.